The van der Waals surface area contributed by atoms with Crippen LogP contribution in [-0.2, 0) is 26.4 Å². The highest BCUT2D eigenvalue weighted by molar-refractivity contribution is 5.69. The summed E-state index contributed by atoms with van der Waals surface area (Å²) in [4.78, 5) is 21.9. The molecule has 2 aromatic heterocycles. The second-order valence-electron chi connectivity index (χ2n) is 11.1. The first-order chi connectivity index (χ1) is 22.4. The van der Waals surface area contributed by atoms with Crippen molar-refractivity contribution in [1.82, 2.24) is 19.1 Å². The van der Waals surface area contributed by atoms with Gasteiger partial charge in [-0.25, -0.2) is 9.97 Å². The Morgan fingerprint density at radius 3 is 2.02 bits per heavy atom. The number of aliphatic hydroxyl groups is 1. The molecule has 1 saturated heterocycles. The van der Waals surface area contributed by atoms with Gasteiger partial charge in [-0.05, 0) is 47.4 Å². The minimum Gasteiger partial charge on any atom is -0.497 e. The van der Waals surface area contributed by atoms with Crippen molar-refractivity contribution < 1.29 is 28.8 Å². The van der Waals surface area contributed by atoms with Crippen molar-refractivity contribution in [3.8, 4) is 11.5 Å². The Morgan fingerprint density at radius 1 is 0.848 bits per heavy atom. The van der Waals surface area contributed by atoms with Gasteiger partial charge in [-0.3, -0.25) is 13.9 Å². The molecule has 46 heavy (non-hydrogen) atoms. The lowest BCUT2D eigenvalue weighted by atomic mass is 9.80. The first kappa shape index (κ1) is 31.4. The molecule has 240 valence electrons. The predicted octanol–water partition coefficient (Wildman–Crippen LogP) is 4.30. The van der Waals surface area contributed by atoms with Gasteiger partial charge in [-0.2, -0.15) is 0 Å². The SMILES string of the molecule is CCCn1cnc2c(ncn2[C@@H]2O[C@H](COC(c3ccccc3)(c3ccc(OC)cc3)c3ccc(OC)cc3)[C@@H](O)[C@H]2OC)c1=O. The molecule has 5 aromatic rings. The standard InChI is InChI=1S/C35H38N4O7/c1-5-19-38-21-37-32-29(33(38)41)36-22-39(32)34-31(44-4)30(40)28(46-34)20-45-35(23-9-7-6-8-10-23,24-11-15-26(42-2)16-12-24)25-13-17-27(43-3)18-14-25/h6-18,21-22,28,30-31,34,40H,5,19-20H2,1-4H3/t28-,30-,31-,34-/m1/s1. The maximum atomic E-state index is 13.0. The molecule has 1 aliphatic heterocycles. The number of ether oxygens (including phenoxy) is 5. The van der Waals surface area contributed by atoms with Gasteiger partial charge in [-0.1, -0.05) is 61.5 Å². The molecule has 0 amide bonds. The summed E-state index contributed by atoms with van der Waals surface area (Å²) >= 11 is 0. The Kier molecular flexibility index (Phi) is 9.18. The van der Waals surface area contributed by atoms with Crippen LogP contribution in [0.1, 0.15) is 36.3 Å². The molecular weight excluding hydrogens is 588 g/mol. The van der Waals surface area contributed by atoms with Gasteiger partial charge in [-0.15, -0.1) is 0 Å². The van der Waals surface area contributed by atoms with Crippen LogP contribution in [0.5, 0.6) is 11.5 Å². The lowest BCUT2D eigenvalue weighted by molar-refractivity contribution is -0.0948. The van der Waals surface area contributed by atoms with Crippen molar-refractivity contribution in [2.45, 2.75) is 50.0 Å². The number of imidazole rings is 1. The fraction of sp³-hybridized carbons (Fsp3) is 0.343. The van der Waals surface area contributed by atoms with Gasteiger partial charge in [0.25, 0.3) is 5.56 Å². The Balaban J connectivity index is 1.38. The van der Waals surface area contributed by atoms with Gasteiger partial charge < -0.3 is 28.8 Å². The summed E-state index contributed by atoms with van der Waals surface area (Å²) in [5, 5.41) is 11.5. The highest BCUT2D eigenvalue weighted by Gasteiger charge is 2.48. The first-order valence-corrected chi connectivity index (χ1v) is 15.2. The number of hydrogen-bond acceptors (Lipinski definition) is 9. The normalized spacial score (nSPS) is 19.8. The second-order valence-corrected chi connectivity index (χ2v) is 11.1. The van der Waals surface area contributed by atoms with Crippen molar-refractivity contribution in [3.63, 3.8) is 0 Å². The highest BCUT2D eigenvalue weighted by atomic mass is 16.6. The van der Waals surface area contributed by atoms with Gasteiger partial charge in [0.2, 0.25) is 0 Å². The first-order valence-electron chi connectivity index (χ1n) is 15.2. The molecule has 1 N–H and O–H groups in total. The van der Waals surface area contributed by atoms with Crippen molar-refractivity contribution in [1.29, 1.82) is 0 Å². The van der Waals surface area contributed by atoms with Crippen LogP contribution in [0.4, 0.5) is 0 Å². The average Bonchev–Trinajstić information content (AvgIpc) is 3.68. The minimum absolute atomic E-state index is 0.00611. The summed E-state index contributed by atoms with van der Waals surface area (Å²) in [6.07, 6.45) is 0.361. The summed E-state index contributed by atoms with van der Waals surface area (Å²) in [5.74, 6) is 1.42. The van der Waals surface area contributed by atoms with Crippen molar-refractivity contribution >= 4 is 11.2 Å². The maximum Gasteiger partial charge on any atom is 0.281 e. The van der Waals surface area contributed by atoms with E-state index in [1.165, 1.54) is 24.3 Å². The highest BCUT2D eigenvalue weighted by Crippen LogP contribution is 2.43. The molecule has 0 aliphatic carbocycles. The number of aliphatic hydroxyl groups excluding tert-OH is 1. The Hall–Kier alpha value is -4.55. The Bertz CT molecular complexity index is 1760. The quantitative estimate of drug-likeness (QED) is 0.202. The van der Waals surface area contributed by atoms with Crippen LogP contribution in [-0.4, -0.2) is 70.5 Å². The third kappa shape index (κ3) is 5.56. The lowest BCUT2D eigenvalue weighted by Gasteiger charge is -2.37. The smallest absolute Gasteiger partial charge is 0.281 e. The monoisotopic (exact) mass is 626 g/mol. The molecule has 0 radical (unpaired) electrons. The topological polar surface area (TPSA) is 119 Å². The molecule has 0 bridgehead atoms. The third-order valence-electron chi connectivity index (χ3n) is 8.51. The summed E-state index contributed by atoms with van der Waals surface area (Å²) in [6.45, 7) is 2.52. The molecule has 3 aromatic carbocycles. The molecule has 11 nitrogen and oxygen atoms in total. The van der Waals surface area contributed by atoms with E-state index in [1.54, 1.807) is 18.8 Å². The number of hydrogen-bond donors (Lipinski definition) is 1. The van der Waals surface area contributed by atoms with Gasteiger partial charge in [0.1, 0.15) is 41.7 Å². The number of benzene rings is 3. The van der Waals surface area contributed by atoms with Crippen LogP contribution >= 0.6 is 0 Å². The zero-order chi connectivity index (χ0) is 32.3. The fourth-order valence-corrected chi connectivity index (χ4v) is 6.15. The molecule has 6 rings (SSSR count). The number of nitrogens with zero attached hydrogens (tertiary/aromatic N) is 4. The molecule has 4 atom stereocenters. The van der Waals surface area contributed by atoms with Crippen LogP contribution in [0, 0.1) is 0 Å². The average molecular weight is 627 g/mol. The zero-order valence-electron chi connectivity index (χ0n) is 26.3. The van der Waals surface area contributed by atoms with Crippen LogP contribution in [0.25, 0.3) is 11.2 Å². The van der Waals surface area contributed by atoms with E-state index < -0.39 is 30.1 Å². The molecule has 0 saturated carbocycles. The molecule has 3 heterocycles. The summed E-state index contributed by atoms with van der Waals surface area (Å²) in [5.41, 5.74) is 1.83. The predicted molar refractivity (Wildman–Crippen MR) is 171 cm³/mol. The summed E-state index contributed by atoms with van der Waals surface area (Å²) in [7, 11) is 4.76. The van der Waals surface area contributed by atoms with E-state index in [2.05, 4.69) is 9.97 Å². The Labute approximate surface area is 266 Å². The summed E-state index contributed by atoms with van der Waals surface area (Å²) in [6, 6.07) is 25.3. The molecular formula is C35H38N4O7. The van der Waals surface area contributed by atoms with Crippen LogP contribution in [0.3, 0.4) is 0 Å². The van der Waals surface area contributed by atoms with Crippen molar-refractivity contribution in [2.75, 3.05) is 27.9 Å². The number of fused-ring (bicyclic) bond motifs is 1. The molecule has 1 aliphatic rings. The second kappa shape index (κ2) is 13.4. The zero-order valence-corrected chi connectivity index (χ0v) is 26.3. The van der Waals surface area contributed by atoms with Crippen LogP contribution in [0.2, 0.25) is 0 Å². The fourth-order valence-electron chi connectivity index (χ4n) is 6.15. The van der Waals surface area contributed by atoms with E-state index in [0.29, 0.717) is 23.7 Å². The molecule has 0 unspecified atom stereocenters. The lowest BCUT2D eigenvalue weighted by Crippen LogP contribution is -2.40. The van der Waals surface area contributed by atoms with E-state index in [4.69, 9.17) is 23.7 Å². The van der Waals surface area contributed by atoms with Crippen molar-refractivity contribution in [3.05, 3.63) is 119 Å². The van der Waals surface area contributed by atoms with E-state index in [-0.39, 0.29) is 17.7 Å². The maximum absolute atomic E-state index is 13.0. The van der Waals surface area contributed by atoms with Gasteiger partial charge in [0.05, 0.1) is 27.2 Å². The number of rotatable bonds is 12. The van der Waals surface area contributed by atoms with Gasteiger partial charge in [0, 0.05) is 13.7 Å². The van der Waals surface area contributed by atoms with Gasteiger partial charge >= 0.3 is 0 Å². The van der Waals surface area contributed by atoms with Crippen molar-refractivity contribution in [2.24, 2.45) is 0 Å². The number of methoxy groups -OCH3 is 3. The van der Waals surface area contributed by atoms with Crippen LogP contribution < -0.4 is 15.0 Å². The molecule has 1 fully saturated rings. The largest absolute Gasteiger partial charge is 0.497 e. The minimum atomic E-state index is -1.10. The van der Waals surface area contributed by atoms with E-state index >= 15 is 0 Å². The van der Waals surface area contributed by atoms with Crippen LogP contribution in [0.15, 0.2) is 96.3 Å². The number of aromatic nitrogens is 4. The van der Waals surface area contributed by atoms with E-state index in [9.17, 15) is 9.90 Å². The van der Waals surface area contributed by atoms with E-state index in [1.807, 2.05) is 85.8 Å². The molecule has 0 spiro atoms. The molecule has 11 heteroatoms. The number of aryl methyl sites for hydroxylation is 1. The summed E-state index contributed by atoms with van der Waals surface area (Å²) < 4.78 is 33.3. The van der Waals surface area contributed by atoms with E-state index in [0.717, 1.165) is 23.1 Å². The third-order valence-corrected chi connectivity index (χ3v) is 8.51. The Morgan fingerprint density at radius 2 is 1.46 bits per heavy atom. The van der Waals surface area contributed by atoms with Gasteiger partial charge in [0.15, 0.2) is 17.4 Å².